The van der Waals surface area contributed by atoms with Gasteiger partial charge in [-0.05, 0) is 12.8 Å². The number of carbonyl (C=O) groups is 2. The number of alkyl halides is 2. The monoisotopic (exact) mass is 262 g/mol. The smallest absolute Gasteiger partial charge is 0.290 e. The molecule has 0 aliphatic carbocycles. The van der Waals surface area contributed by atoms with Gasteiger partial charge in [0.25, 0.3) is 5.92 Å². The maximum absolute atomic E-state index is 13.6. The van der Waals surface area contributed by atoms with E-state index in [0.29, 0.717) is 6.42 Å². The fourth-order valence-electron chi connectivity index (χ4n) is 2.42. The first-order valence-electron chi connectivity index (χ1n) is 5.93. The van der Waals surface area contributed by atoms with Crippen LogP contribution in [-0.2, 0) is 14.3 Å². The highest BCUT2D eigenvalue weighted by Gasteiger charge is 2.47. The lowest BCUT2D eigenvalue weighted by molar-refractivity contribution is -0.173. The third-order valence-electron chi connectivity index (χ3n) is 3.42. The fourth-order valence-corrected chi connectivity index (χ4v) is 2.42. The van der Waals surface area contributed by atoms with E-state index in [-0.39, 0.29) is 25.3 Å². The van der Waals surface area contributed by atoms with Crippen molar-refractivity contribution in [2.45, 2.75) is 37.3 Å². The third kappa shape index (κ3) is 2.45. The maximum atomic E-state index is 13.6. The molecule has 0 aromatic rings. The molecule has 2 aliphatic rings. The number of nitrogens with one attached hydrogen (secondary N) is 1. The van der Waals surface area contributed by atoms with E-state index >= 15 is 0 Å². The molecule has 2 rings (SSSR count). The van der Waals surface area contributed by atoms with Crippen molar-refractivity contribution in [3.8, 4) is 0 Å². The Kier molecular flexibility index (Phi) is 3.52. The average molecular weight is 262 g/mol. The van der Waals surface area contributed by atoms with Crippen LogP contribution in [0.1, 0.15) is 19.3 Å². The molecule has 2 fully saturated rings. The summed E-state index contributed by atoms with van der Waals surface area (Å²) in [5.41, 5.74) is 0. The quantitative estimate of drug-likeness (QED) is 0.770. The molecule has 0 radical (unpaired) electrons. The Hall–Kier alpha value is -1.24. The lowest BCUT2D eigenvalue weighted by Gasteiger charge is -2.38. The Morgan fingerprint density at radius 3 is 2.72 bits per heavy atom. The van der Waals surface area contributed by atoms with E-state index in [0.717, 1.165) is 4.90 Å². The lowest BCUT2D eigenvalue weighted by Crippen LogP contribution is -2.57. The Balaban J connectivity index is 1.98. The van der Waals surface area contributed by atoms with Crippen molar-refractivity contribution in [1.82, 2.24) is 10.2 Å². The van der Waals surface area contributed by atoms with Gasteiger partial charge in [0.1, 0.15) is 12.1 Å². The fraction of sp³-hybridized carbons (Fsp3) is 0.818. The SMILES string of the molecule is CO[C@H]1CCN(C(=O)[C@@H]2CCC(=O)N2)CC1(F)F. The van der Waals surface area contributed by atoms with Gasteiger partial charge in [-0.25, -0.2) is 8.78 Å². The van der Waals surface area contributed by atoms with Crippen LogP contribution in [0.15, 0.2) is 0 Å². The van der Waals surface area contributed by atoms with Crippen LogP contribution in [0.5, 0.6) is 0 Å². The highest BCUT2D eigenvalue weighted by Crippen LogP contribution is 2.30. The number of halogens is 2. The van der Waals surface area contributed by atoms with Gasteiger partial charge < -0.3 is 15.0 Å². The van der Waals surface area contributed by atoms with E-state index in [1.165, 1.54) is 7.11 Å². The molecular weight excluding hydrogens is 246 g/mol. The molecule has 2 atom stereocenters. The Morgan fingerprint density at radius 1 is 1.50 bits per heavy atom. The van der Waals surface area contributed by atoms with Gasteiger partial charge in [0.15, 0.2) is 0 Å². The summed E-state index contributed by atoms with van der Waals surface area (Å²) < 4.78 is 32.0. The molecule has 2 saturated heterocycles. The molecule has 18 heavy (non-hydrogen) atoms. The molecule has 0 saturated carbocycles. The van der Waals surface area contributed by atoms with Crippen molar-refractivity contribution in [2.24, 2.45) is 0 Å². The molecular formula is C11H16F2N2O3. The summed E-state index contributed by atoms with van der Waals surface area (Å²) in [7, 11) is 1.24. The summed E-state index contributed by atoms with van der Waals surface area (Å²) >= 11 is 0. The number of amides is 2. The molecule has 2 amide bonds. The second kappa shape index (κ2) is 4.79. The summed E-state index contributed by atoms with van der Waals surface area (Å²) in [5, 5.41) is 2.50. The first kappa shape index (κ1) is 13.2. The van der Waals surface area contributed by atoms with E-state index < -0.39 is 30.5 Å². The first-order chi connectivity index (χ1) is 8.44. The van der Waals surface area contributed by atoms with Gasteiger partial charge in [-0.1, -0.05) is 0 Å². The zero-order valence-electron chi connectivity index (χ0n) is 10.1. The molecule has 102 valence electrons. The molecule has 0 aromatic carbocycles. The average Bonchev–Trinajstić information content (AvgIpc) is 2.73. The van der Waals surface area contributed by atoms with Crippen molar-refractivity contribution < 1.29 is 23.1 Å². The molecule has 7 heteroatoms. The van der Waals surface area contributed by atoms with Crippen molar-refractivity contribution in [3.05, 3.63) is 0 Å². The normalized spacial score (nSPS) is 31.3. The topological polar surface area (TPSA) is 58.6 Å². The molecule has 0 spiro atoms. The van der Waals surface area contributed by atoms with E-state index in [2.05, 4.69) is 5.32 Å². The van der Waals surface area contributed by atoms with Crippen LogP contribution < -0.4 is 5.32 Å². The predicted octanol–water partition coefficient (Wildman–Crippen LogP) is 0.148. The minimum absolute atomic E-state index is 0.107. The van der Waals surface area contributed by atoms with Gasteiger partial charge in [-0.15, -0.1) is 0 Å². The standard InChI is InChI=1S/C11H16F2N2O3/c1-18-8-4-5-15(6-11(8,12)13)10(17)7-2-3-9(16)14-7/h7-8H,2-6H2,1H3,(H,14,16)/t7-,8-/m0/s1. The van der Waals surface area contributed by atoms with E-state index in [9.17, 15) is 18.4 Å². The highest BCUT2D eigenvalue weighted by molar-refractivity contribution is 5.90. The summed E-state index contributed by atoms with van der Waals surface area (Å²) in [4.78, 5) is 24.1. The summed E-state index contributed by atoms with van der Waals surface area (Å²) in [6.45, 7) is -0.407. The Bertz CT molecular complexity index is 362. The van der Waals surface area contributed by atoms with Crippen LogP contribution in [0.2, 0.25) is 0 Å². The minimum atomic E-state index is -3.04. The number of carbonyl (C=O) groups excluding carboxylic acids is 2. The number of hydrogen-bond acceptors (Lipinski definition) is 3. The number of hydrogen-bond donors (Lipinski definition) is 1. The van der Waals surface area contributed by atoms with Crippen LogP contribution in [0.4, 0.5) is 8.78 Å². The highest BCUT2D eigenvalue weighted by atomic mass is 19.3. The Labute approximate surface area is 103 Å². The number of nitrogens with zero attached hydrogens (tertiary/aromatic N) is 1. The first-order valence-corrected chi connectivity index (χ1v) is 5.93. The van der Waals surface area contributed by atoms with Gasteiger partial charge in [0, 0.05) is 20.1 Å². The van der Waals surface area contributed by atoms with Crippen molar-refractivity contribution in [3.63, 3.8) is 0 Å². The van der Waals surface area contributed by atoms with Crippen LogP contribution in [0, 0.1) is 0 Å². The van der Waals surface area contributed by atoms with Crippen LogP contribution in [-0.4, -0.2) is 55.0 Å². The van der Waals surface area contributed by atoms with Gasteiger partial charge in [0.2, 0.25) is 11.8 Å². The predicted molar refractivity (Wildman–Crippen MR) is 58.1 cm³/mol. The zero-order valence-corrected chi connectivity index (χ0v) is 10.1. The molecule has 1 N–H and O–H groups in total. The number of ether oxygens (including phenoxy) is 1. The third-order valence-corrected chi connectivity index (χ3v) is 3.42. The van der Waals surface area contributed by atoms with E-state index in [1.807, 2.05) is 0 Å². The summed E-state index contributed by atoms with van der Waals surface area (Å²) in [6, 6.07) is -0.646. The Morgan fingerprint density at radius 2 is 2.22 bits per heavy atom. The zero-order chi connectivity index (χ0) is 13.3. The molecule has 2 aliphatic heterocycles. The van der Waals surface area contributed by atoms with Gasteiger partial charge in [0.05, 0.1) is 6.54 Å². The van der Waals surface area contributed by atoms with Crippen LogP contribution in [0.25, 0.3) is 0 Å². The van der Waals surface area contributed by atoms with Crippen LogP contribution in [0.3, 0.4) is 0 Å². The second-order valence-electron chi connectivity index (χ2n) is 4.69. The lowest BCUT2D eigenvalue weighted by atomic mass is 10.0. The summed E-state index contributed by atoms with van der Waals surface area (Å²) in [6.07, 6.45) is -0.371. The van der Waals surface area contributed by atoms with Crippen molar-refractivity contribution >= 4 is 11.8 Å². The second-order valence-corrected chi connectivity index (χ2v) is 4.69. The van der Waals surface area contributed by atoms with Crippen molar-refractivity contribution in [1.29, 1.82) is 0 Å². The molecule has 0 bridgehead atoms. The van der Waals surface area contributed by atoms with Crippen LogP contribution >= 0.6 is 0 Å². The number of likely N-dealkylation sites (tertiary alicyclic amines) is 1. The van der Waals surface area contributed by atoms with E-state index in [4.69, 9.17) is 4.74 Å². The minimum Gasteiger partial charge on any atom is -0.375 e. The molecule has 0 aromatic heterocycles. The maximum Gasteiger partial charge on any atom is 0.290 e. The summed E-state index contributed by atoms with van der Waals surface area (Å²) in [5.74, 6) is -3.66. The molecule has 0 unspecified atom stereocenters. The molecule has 5 nitrogen and oxygen atoms in total. The van der Waals surface area contributed by atoms with Gasteiger partial charge in [-0.2, -0.15) is 0 Å². The molecule has 2 heterocycles. The van der Waals surface area contributed by atoms with Gasteiger partial charge >= 0.3 is 0 Å². The van der Waals surface area contributed by atoms with E-state index in [1.54, 1.807) is 0 Å². The number of piperidine rings is 1. The van der Waals surface area contributed by atoms with Crippen molar-refractivity contribution in [2.75, 3.05) is 20.2 Å². The number of rotatable bonds is 2. The largest absolute Gasteiger partial charge is 0.375 e. The number of methoxy groups -OCH3 is 1. The van der Waals surface area contributed by atoms with Gasteiger partial charge in [-0.3, -0.25) is 9.59 Å².